The average Bonchev–Trinajstić information content (AvgIpc) is 2.74. The van der Waals surface area contributed by atoms with Crippen molar-refractivity contribution >= 4 is 23.9 Å². The van der Waals surface area contributed by atoms with Crippen LogP contribution in [-0.2, 0) is 38.1 Å². The summed E-state index contributed by atoms with van der Waals surface area (Å²) in [6.45, 7) is 17.0. The van der Waals surface area contributed by atoms with Crippen molar-refractivity contribution in [3.63, 3.8) is 0 Å². The van der Waals surface area contributed by atoms with E-state index in [0.717, 1.165) is 5.57 Å². The number of esters is 4. The first-order valence-electron chi connectivity index (χ1n) is 12.8. The first-order valence-corrected chi connectivity index (χ1v) is 12.8. The molecular weight excluding hydrogens is 480 g/mol. The summed E-state index contributed by atoms with van der Waals surface area (Å²) in [4.78, 5) is 49.8. The van der Waals surface area contributed by atoms with Gasteiger partial charge in [0.25, 0.3) is 0 Å². The Kier molecular flexibility index (Phi) is 7.72. The highest BCUT2D eigenvalue weighted by Gasteiger charge is 2.67. The van der Waals surface area contributed by atoms with Crippen LogP contribution in [0.2, 0.25) is 0 Å². The number of carbonyl (C=O) groups excluding carboxylic acids is 4. The molecule has 0 radical (unpaired) electrons. The largest absolute Gasteiger partial charge is 0.462 e. The van der Waals surface area contributed by atoms with Crippen LogP contribution >= 0.6 is 0 Å². The molecule has 0 aromatic rings. The lowest BCUT2D eigenvalue weighted by molar-refractivity contribution is -0.225. The Labute approximate surface area is 218 Å². The van der Waals surface area contributed by atoms with Crippen molar-refractivity contribution < 1.29 is 43.2 Å². The molecular formula is C28H40O9. The summed E-state index contributed by atoms with van der Waals surface area (Å²) in [5.41, 5.74) is -0.975. The van der Waals surface area contributed by atoms with E-state index < -0.39 is 70.6 Å². The van der Waals surface area contributed by atoms with Crippen molar-refractivity contribution in [1.29, 1.82) is 0 Å². The molecule has 0 aliphatic heterocycles. The summed E-state index contributed by atoms with van der Waals surface area (Å²) in [7, 11) is 0. The molecule has 0 spiro atoms. The topological polar surface area (TPSA) is 125 Å². The fourth-order valence-electron chi connectivity index (χ4n) is 7.11. The minimum atomic E-state index is -1.18. The zero-order valence-electron chi connectivity index (χ0n) is 23.1. The minimum absolute atomic E-state index is 0.0258. The second kappa shape index (κ2) is 9.89. The predicted octanol–water partition coefficient (Wildman–Crippen LogP) is 3.57. The van der Waals surface area contributed by atoms with E-state index in [-0.39, 0.29) is 12.8 Å². The highest BCUT2D eigenvalue weighted by Crippen LogP contribution is 2.63. The fourth-order valence-corrected chi connectivity index (χ4v) is 7.11. The number of ether oxygens (including phenoxy) is 4. The highest BCUT2D eigenvalue weighted by atomic mass is 16.6. The van der Waals surface area contributed by atoms with E-state index in [0.29, 0.717) is 24.0 Å². The predicted molar refractivity (Wildman–Crippen MR) is 133 cm³/mol. The van der Waals surface area contributed by atoms with Crippen molar-refractivity contribution in [2.75, 3.05) is 0 Å². The molecule has 3 aliphatic carbocycles. The van der Waals surface area contributed by atoms with Gasteiger partial charge in [-0.1, -0.05) is 32.9 Å². The Morgan fingerprint density at radius 2 is 1.49 bits per heavy atom. The number of fused-ring (bicyclic) bond motifs is 3. The van der Waals surface area contributed by atoms with Crippen LogP contribution in [0.25, 0.3) is 0 Å². The van der Waals surface area contributed by atoms with Crippen molar-refractivity contribution in [2.45, 2.75) is 111 Å². The molecule has 2 saturated carbocycles. The Morgan fingerprint density at radius 1 is 0.919 bits per heavy atom. The zero-order chi connectivity index (χ0) is 28.1. The third-order valence-electron chi connectivity index (χ3n) is 8.87. The smallest absolute Gasteiger partial charge is 0.303 e. The van der Waals surface area contributed by atoms with Gasteiger partial charge in [-0.2, -0.15) is 0 Å². The maximum Gasteiger partial charge on any atom is 0.303 e. The van der Waals surface area contributed by atoms with E-state index in [1.54, 1.807) is 6.92 Å². The van der Waals surface area contributed by atoms with Gasteiger partial charge in [0.2, 0.25) is 0 Å². The van der Waals surface area contributed by atoms with Gasteiger partial charge in [-0.15, -0.1) is 0 Å². The highest BCUT2D eigenvalue weighted by molar-refractivity contribution is 5.69. The van der Waals surface area contributed by atoms with Crippen molar-refractivity contribution in [3.05, 3.63) is 23.3 Å². The van der Waals surface area contributed by atoms with E-state index in [2.05, 4.69) is 6.58 Å². The van der Waals surface area contributed by atoms with Gasteiger partial charge in [0.15, 0.2) is 12.2 Å². The normalized spacial score (nSPS) is 36.9. The molecule has 1 N–H and O–H groups in total. The molecule has 37 heavy (non-hydrogen) atoms. The second-order valence-electron chi connectivity index (χ2n) is 11.5. The van der Waals surface area contributed by atoms with Crippen LogP contribution in [0.5, 0.6) is 0 Å². The van der Waals surface area contributed by atoms with Crippen molar-refractivity contribution in [1.82, 2.24) is 0 Å². The summed E-state index contributed by atoms with van der Waals surface area (Å²) >= 11 is 0. The Hall–Kier alpha value is -2.68. The molecule has 0 amide bonds. The average molecular weight is 521 g/mol. The van der Waals surface area contributed by atoms with Crippen molar-refractivity contribution in [2.24, 2.45) is 16.7 Å². The minimum Gasteiger partial charge on any atom is -0.462 e. The molecule has 7 atom stereocenters. The Morgan fingerprint density at radius 3 is 2.00 bits per heavy atom. The van der Waals surface area contributed by atoms with Gasteiger partial charge in [0.05, 0.1) is 11.5 Å². The second-order valence-corrected chi connectivity index (χ2v) is 11.5. The number of hydrogen-bond acceptors (Lipinski definition) is 9. The van der Waals surface area contributed by atoms with E-state index in [1.165, 1.54) is 27.7 Å². The molecule has 3 rings (SSSR count). The van der Waals surface area contributed by atoms with Gasteiger partial charge in [0, 0.05) is 39.5 Å². The number of hydrogen-bond donors (Lipinski definition) is 1. The molecule has 0 heterocycles. The van der Waals surface area contributed by atoms with Crippen molar-refractivity contribution in [3.8, 4) is 0 Å². The summed E-state index contributed by atoms with van der Waals surface area (Å²) < 4.78 is 23.9. The number of rotatable bonds is 4. The number of carbonyl (C=O) groups is 4. The van der Waals surface area contributed by atoms with Gasteiger partial charge in [-0.3, -0.25) is 19.2 Å². The van der Waals surface area contributed by atoms with Gasteiger partial charge in [0.1, 0.15) is 11.7 Å². The molecule has 2 fully saturated rings. The molecule has 3 aliphatic rings. The molecule has 2 bridgehead atoms. The third-order valence-corrected chi connectivity index (χ3v) is 8.87. The van der Waals surface area contributed by atoms with Gasteiger partial charge in [-0.25, -0.2) is 0 Å². The summed E-state index contributed by atoms with van der Waals surface area (Å²) in [6.07, 6.45) is -2.73. The van der Waals surface area contributed by atoms with E-state index >= 15 is 0 Å². The molecule has 0 aromatic heterocycles. The van der Waals surface area contributed by atoms with E-state index in [9.17, 15) is 24.3 Å². The lowest BCUT2D eigenvalue weighted by atomic mass is 9.48. The summed E-state index contributed by atoms with van der Waals surface area (Å²) in [5.74, 6) is -2.83. The monoisotopic (exact) mass is 520 g/mol. The number of allylic oxidation sites excluding steroid dienone is 1. The molecule has 7 unspecified atom stereocenters. The summed E-state index contributed by atoms with van der Waals surface area (Å²) in [6, 6.07) is 0. The van der Waals surface area contributed by atoms with Crippen LogP contribution in [0.15, 0.2) is 23.3 Å². The van der Waals surface area contributed by atoms with Crippen LogP contribution in [0.4, 0.5) is 0 Å². The van der Waals surface area contributed by atoms with Crippen LogP contribution < -0.4 is 0 Å². The Bertz CT molecular complexity index is 1040. The van der Waals surface area contributed by atoms with Crippen LogP contribution in [-0.4, -0.2) is 59.0 Å². The van der Waals surface area contributed by atoms with Crippen LogP contribution in [0.1, 0.15) is 81.1 Å². The van der Waals surface area contributed by atoms with Crippen LogP contribution in [0, 0.1) is 16.7 Å². The van der Waals surface area contributed by atoms with Gasteiger partial charge < -0.3 is 24.1 Å². The first-order chi connectivity index (χ1) is 17.0. The van der Waals surface area contributed by atoms with E-state index in [1.807, 2.05) is 20.8 Å². The zero-order valence-corrected chi connectivity index (χ0v) is 23.1. The Balaban J connectivity index is 2.44. The summed E-state index contributed by atoms with van der Waals surface area (Å²) in [5, 5.41) is 11.0. The maximum atomic E-state index is 12.5. The molecule has 206 valence electrons. The standard InChI is InChI=1S/C28H40O9/c1-14-10-11-28(37-19(6)32)13-20-15(2)21(33)12-22(34-16(3)29)27(20,9)25(36-18(5)31)24(35-17(4)30)23(14)26(28,7)8/h20-22,24-25,33H,2,10-13H2,1,3-9H3. The van der Waals surface area contributed by atoms with E-state index in [4.69, 9.17) is 18.9 Å². The number of aliphatic hydroxyl groups excluding tert-OH is 1. The SMILES string of the molecule is C=C1C(O)CC(OC(C)=O)C2(C)C1CC1(OC(C)=O)CCC(C)=C(C(OC(C)=O)C2OC(C)=O)C1(C)C. The lowest BCUT2D eigenvalue weighted by Gasteiger charge is -2.62. The van der Waals surface area contributed by atoms with Gasteiger partial charge in [-0.05, 0) is 43.3 Å². The maximum absolute atomic E-state index is 12.5. The molecule has 0 aromatic carbocycles. The van der Waals surface area contributed by atoms with Crippen LogP contribution in [0.3, 0.4) is 0 Å². The molecule has 9 nitrogen and oxygen atoms in total. The van der Waals surface area contributed by atoms with Gasteiger partial charge >= 0.3 is 23.9 Å². The fraction of sp³-hybridized carbons (Fsp3) is 0.714. The number of aliphatic hydroxyl groups is 1. The lowest BCUT2D eigenvalue weighted by Crippen LogP contribution is -2.67. The third kappa shape index (κ3) is 4.82. The first kappa shape index (κ1) is 28.9. The molecule has 0 saturated heterocycles. The quantitative estimate of drug-likeness (QED) is 0.336. The molecule has 9 heteroatoms.